The molecule has 2 nitrogen and oxygen atoms in total. The van der Waals surface area contributed by atoms with Gasteiger partial charge in [0.05, 0.1) is 6.61 Å². The number of hydrogen-bond donors (Lipinski definition) is 2. The van der Waals surface area contributed by atoms with Crippen molar-refractivity contribution in [1.29, 1.82) is 0 Å². The molecule has 68 valence electrons. The molecular formula is C7H17NOS2. The minimum absolute atomic E-state index is 0.0742. The lowest BCUT2D eigenvalue weighted by atomic mass is 10.3. The van der Waals surface area contributed by atoms with Gasteiger partial charge in [-0.05, 0) is 0 Å². The third-order valence-corrected chi connectivity index (χ3v) is 4.27. The number of aliphatic hydroxyl groups is 1. The smallest absolute Gasteiger partial charge is 0.0590 e. The van der Waals surface area contributed by atoms with Gasteiger partial charge in [-0.25, -0.2) is 0 Å². The van der Waals surface area contributed by atoms with Crippen LogP contribution in [0, 0.1) is 0 Å². The molecule has 0 saturated carbocycles. The molecule has 11 heavy (non-hydrogen) atoms. The Morgan fingerprint density at radius 1 is 1.45 bits per heavy atom. The summed E-state index contributed by atoms with van der Waals surface area (Å²) in [7, 11) is 3.53. The van der Waals surface area contributed by atoms with Crippen LogP contribution in [0.4, 0.5) is 0 Å². The molecule has 0 saturated heterocycles. The van der Waals surface area contributed by atoms with Crippen LogP contribution >= 0.6 is 21.6 Å². The van der Waals surface area contributed by atoms with Crippen LogP contribution < -0.4 is 5.73 Å². The summed E-state index contributed by atoms with van der Waals surface area (Å²) in [6.07, 6.45) is 0. The third kappa shape index (κ3) is 8.53. The maximum atomic E-state index is 8.62. The number of aliphatic hydroxyl groups excluding tert-OH is 1. The SMILES string of the molecule is CC(C)(C)SSCC(N)CO. The topological polar surface area (TPSA) is 46.2 Å². The van der Waals surface area contributed by atoms with E-state index in [0.717, 1.165) is 5.75 Å². The fourth-order valence-corrected chi connectivity index (χ4v) is 2.84. The number of rotatable bonds is 4. The minimum Gasteiger partial charge on any atom is -0.395 e. The van der Waals surface area contributed by atoms with Crippen molar-refractivity contribution < 1.29 is 5.11 Å². The molecular weight excluding hydrogens is 178 g/mol. The van der Waals surface area contributed by atoms with Crippen molar-refractivity contribution in [2.45, 2.75) is 31.6 Å². The van der Waals surface area contributed by atoms with Gasteiger partial charge in [0.2, 0.25) is 0 Å². The molecule has 0 amide bonds. The number of nitrogens with two attached hydrogens (primary N) is 1. The summed E-state index contributed by atoms with van der Waals surface area (Å²) < 4.78 is 0.278. The summed E-state index contributed by atoms with van der Waals surface area (Å²) in [4.78, 5) is 0. The molecule has 1 atom stereocenters. The highest BCUT2D eigenvalue weighted by atomic mass is 33.1. The second kappa shape index (κ2) is 5.30. The zero-order valence-electron chi connectivity index (χ0n) is 7.33. The van der Waals surface area contributed by atoms with E-state index in [1.165, 1.54) is 0 Å². The van der Waals surface area contributed by atoms with Gasteiger partial charge in [-0.15, -0.1) is 0 Å². The molecule has 4 heteroatoms. The molecule has 3 N–H and O–H groups in total. The van der Waals surface area contributed by atoms with E-state index in [0.29, 0.717) is 0 Å². The van der Waals surface area contributed by atoms with Crippen LogP contribution in [0.2, 0.25) is 0 Å². The van der Waals surface area contributed by atoms with Crippen molar-refractivity contribution in [3.05, 3.63) is 0 Å². The Bertz CT molecular complexity index is 103. The van der Waals surface area contributed by atoms with E-state index in [2.05, 4.69) is 20.8 Å². The fourth-order valence-electron chi connectivity index (χ4n) is 0.351. The Kier molecular flexibility index (Phi) is 5.60. The van der Waals surface area contributed by atoms with Crippen LogP contribution in [0.1, 0.15) is 20.8 Å². The summed E-state index contributed by atoms with van der Waals surface area (Å²) in [6.45, 7) is 6.57. The highest BCUT2D eigenvalue weighted by Gasteiger charge is 2.11. The van der Waals surface area contributed by atoms with Gasteiger partial charge in [0.25, 0.3) is 0 Å². The van der Waals surface area contributed by atoms with Gasteiger partial charge in [-0.1, -0.05) is 42.4 Å². The summed E-state index contributed by atoms with van der Waals surface area (Å²) in [6, 6.07) is -0.0742. The Labute approximate surface area is 76.7 Å². The van der Waals surface area contributed by atoms with Crippen LogP contribution in [0.25, 0.3) is 0 Å². The highest BCUT2D eigenvalue weighted by Crippen LogP contribution is 2.34. The van der Waals surface area contributed by atoms with E-state index in [-0.39, 0.29) is 17.4 Å². The van der Waals surface area contributed by atoms with Crippen molar-refractivity contribution in [2.24, 2.45) is 5.73 Å². The van der Waals surface area contributed by atoms with Crippen LogP contribution in [0.5, 0.6) is 0 Å². The van der Waals surface area contributed by atoms with E-state index < -0.39 is 0 Å². The average Bonchev–Trinajstić information content (AvgIpc) is 1.85. The van der Waals surface area contributed by atoms with Gasteiger partial charge in [0.1, 0.15) is 0 Å². The lowest BCUT2D eigenvalue weighted by molar-refractivity contribution is 0.275. The molecule has 0 aromatic heterocycles. The van der Waals surface area contributed by atoms with Crippen LogP contribution in [0.3, 0.4) is 0 Å². The first-order valence-corrected chi connectivity index (χ1v) is 5.94. The highest BCUT2D eigenvalue weighted by molar-refractivity contribution is 8.77. The molecule has 0 spiro atoms. The molecule has 0 aliphatic carbocycles. The van der Waals surface area contributed by atoms with Crippen molar-refractivity contribution in [2.75, 3.05) is 12.4 Å². The Morgan fingerprint density at radius 3 is 2.36 bits per heavy atom. The minimum atomic E-state index is -0.0742. The van der Waals surface area contributed by atoms with Gasteiger partial charge >= 0.3 is 0 Å². The van der Waals surface area contributed by atoms with Gasteiger partial charge < -0.3 is 10.8 Å². The van der Waals surface area contributed by atoms with Crippen LogP contribution in [0.15, 0.2) is 0 Å². The van der Waals surface area contributed by atoms with Crippen molar-refractivity contribution >= 4 is 21.6 Å². The predicted octanol–water partition coefficient (Wildman–Crippen LogP) is 1.49. The van der Waals surface area contributed by atoms with Gasteiger partial charge in [-0.3, -0.25) is 0 Å². The number of hydrogen-bond acceptors (Lipinski definition) is 4. The quantitative estimate of drug-likeness (QED) is 0.667. The first kappa shape index (κ1) is 11.6. The van der Waals surface area contributed by atoms with Gasteiger partial charge in [0, 0.05) is 16.5 Å². The lowest BCUT2D eigenvalue weighted by Crippen LogP contribution is -2.26. The molecule has 0 heterocycles. The summed E-state index contributed by atoms with van der Waals surface area (Å²) in [5.41, 5.74) is 5.52. The van der Waals surface area contributed by atoms with E-state index in [1.807, 2.05) is 0 Å². The first-order valence-electron chi connectivity index (χ1n) is 3.63. The Hall–Kier alpha value is 0.620. The summed E-state index contributed by atoms with van der Waals surface area (Å²) in [5.74, 6) is 0.818. The summed E-state index contributed by atoms with van der Waals surface area (Å²) >= 11 is 0. The molecule has 1 unspecified atom stereocenters. The second-order valence-electron chi connectivity index (χ2n) is 3.42. The molecule has 0 aromatic rings. The van der Waals surface area contributed by atoms with Gasteiger partial charge in [0.15, 0.2) is 0 Å². The zero-order valence-corrected chi connectivity index (χ0v) is 8.97. The molecule has 0 rings (SSSR count). The lowest BCUT2D eigenvalue weighted by Gasteiger charge is -2.17. The molecule has 0 radical (unpaired) electrons. The third-order valence-electron chi connectivity index (χ3n) is 0.826. The van der Waals surface area contributed by atoms with E-state index >= 15 is 0 Å². The van der Waals surface area contributed by atoms with Crippen molar-refractivity contribution in [3.8, 4) is 0 Å². The van der Waals surface area contributed by atoms with Crippen molar-refractivity contribution in [3.63, 3.8) is 0 Å². The largest absolute Gasteiger partial charge is 0.395 e. The van der Waals surface area contributed by atoms with E-state index in [4.69, 9.17) is 10.8 Å². The monoisotopic (exact) mass is 195 g/mol. The van der Waals surface area contributed by atoms with E-state index in [9.17, 15) is 0 Å². The molecule has 0 fully saturated rings. The Morgan fingerprint density at radius 2 is 2.00 bits per heavy atom. The molecule has 0 bridgehead atoms. The average molecular weight is 195 g/mol. The van der Waals surface area contributed by atoms with Crippen LogP contribution in [-0.4, -0.2) is 28.3 Å². The van der Waals surface area contributed by atoms with Crippen molar-refractivity contribution in [1.82, 2.24) is 0 Å². The second-order valence-corrected chi connectivity index (χ2v) is 6.59. The molecule has 0 aromatic carbocycles. The van der Waals surface area contributed by atoms with Crippen LogP contribution in [-0.2, 0) is 0 Å². The molecule has 0 aliphatic rings. The van der Waals surface area contributed by atoms with E-state index in [1.54, 1.807) is 21.6 Å². The normalized spacial score (nSPS) is 15.0. The zero-order chi connectivity index (χ0) is 8.91. The first-order chi connectivity index (χ1) is 4.95. The van der Waals surface area contributed by atoms with Gasteiger partial charge in [-0.2, -0.15) is 0 Å². The maximum absolute atomic E-state index is 8.62. The fraction of sp³-hybridized carbons (Fsp3) is 1.00. The standard InChI is InChI=1S/C7H17NOS2/c1-7(2,3)11-10-5-6(8)4-9/h6,9H,4-5,8H2,1-3H3. The Balaban J connectivity index is 3.28. The summed E-state index contributed by atoms with van der Waals surface area (Å²) in [5, 5.41) is 8.62. The maximum Gasteiger partial charge on any atom is 0.0590 e. The predicted molar refractivity (Wildman–Crippen MR) is 54.9 cm³/mol. The molecule has 0 aliphatic heterocycles.